The Hall–Kier alpha value is -3.79. The van der Waals surface area contributed by atoms with Gasteiger partial charge in [0.05, 0.1) is 17.3 Å². The van der Waals surface area contributed by atoms with E-state index in [1.54, 1.807) is 31.2 Å². The zero-order valence-corrected chi connectivity index (χ0v) is 15.4. The molecule has 0 fully saturated rings. The predicted molar refractivity (Wildman–Crippen MR) is 103 cm³/mol. The number of aromatic nitrogens is 2. The molecule has 140 valence electrons. The second-order valence-electron chi connectivity index (χ2n) is 6.11. The minimum atomic E-state index is -0.442. The van der Waals surface area contributed by atoms with E-state index in [4.69, 9.17) is 5.26 Å². The standard InChI is InChI=1S/C21H17FN4O2/c1-3-18-21(28)26(25-17-10-4-14(12-23)5-11-17)20(13(2)27)19(24-18)15-6-8-16(22)9-7-15/h4-11,25H,3H2,1-2H3. The van der Waals surface area contributed by atoms with E-state index >= 15 is 0 Å². The van der Waals surface area contributed by atoms with Gasteiger partial charge in [0.2, 0.25) is 0 Å². The second-order valence-corrected chi connectivity index (χ2v) is 6.11. The van der Waals surface area contributed by atoms with Crippen molar-refractivity contribution in [2.45, 2.75) is 20.3 Å². The zero-order chi connectivity index (χ0) is 20.3. The number of hydrogen-bond acceptors (Lipinski definition) is 5. The average molecular weight is 376 g/mol. The van der Waals surface area contributed by atoms with Gasteiger partial charge in [0.25, 0.3) is 5.56 Å². The van der Waals surface area contributed by atoms with Crippen LogP contribution < -0.4 is 11.0 Å². The van der Waals surface area contributed by atoms with Crippen molar-refractivity contribution in [3.63, 3.8) is 0 Å². The van der Waals surface area contributed by atoms with Gasteiger partial charge >= 0.3 is 0 Å². The Labute approximate surface area is 160 Å². The lowest BCUT2D eigenvalue weighted by Gasteiger charge is -2.18. The first-order valence-electron chi connectivity index (χ1n) is 8.64. The van der Waals surface area contributed by atoms with Gasteiger partial charge in [0, 0.05) is 12.5 Å². The lowest BCUT2D eigenvalue weighted by molar-refractivity contribution is 0.100. The van der Waals surface area contributed by atoms with Gasteiger partial charge in [-0.1, -0.05) is 6.92 Å². The molecule has 0 saturated carbocycles. The third-order valence-corrected chi connectivity index (χ3v) is 4.19. The number of aryl methyl sites for hydroxylation is 1. The fourth-order valence-corrected chi connectivity index (χ4v) is 2.79. The number of rotatable bonds is 5. The van der Waals surface area contributed by atoms with Crippen LogP contribution in [0.1, 0.15) is 35.6 Å². The zero-order valence-electron chi connectivity index (χ0n) is 15.4. The molecule has 0 radical (unpaired) electrons. The van der Waals surface area contributed by atoms with Gasteiger partial charge in [-0.25, -0.2) is 14.1 Å². The number of anilines is 1. The van der Waals surface area contributed by atoms with Crippen molar-refractivity contribution in [3.05, 3.63) is 81.7 Å². The minimum Gasteiger partial charge on any atom is -0.293 e. The summed E-state index contributed by atoms with van der Waals surface area (Å²) in [6.45, 7) is 3.13. The third kappa shape index (κ3) is 3.67. The summed E-state index contributed by atoms with van der Waals surface area (Å²) in [5.41, 5.74) is 4.65. The van der Waals surface area contributed by atoms with E-state index in [0.29, 0.717) is 28.9 Å². The van der Waals surface area contributed by atoms with Crippen molar-refractivity contribution in [1.82, 2.24) is 9.66 Å². The fraction of sp³-hybridized carbons (Fsp3) is 0.143. The van der Waals surface area contributed by atoms with E-state index in [-0.39, 0.29) is 17.2 Å². The number of halogens is 1. The van der Waals surface area contributed by atoms with Crippen LogP contribution in [-0.2, 0) is 6.42 Å². The maximum Gasteiger partial charge on any atom is 0.291 e. The Balaban J connectivity index is 2.23. The molecule has 0 amide bonds. The number of benzene rings is 2. The SMILES string of the molecule is CCc1nc(-c2ccc(F)cc2)c(C(C)=O)n(Nc2ccc(C#N)cc2)c1=O. The number of ketones is 1. The maximum atomic E-state index is 13.3. The molecule has 0 bridgehead atoms. The van der Waals surface area contributed by atoms with E-state index < -0.39 is 11.4 Å². The van der Waals surface area contributed by atoms with E-state index in [0.717, 1.165) is 4.68 Å². The quantitative estimate of drug-likeness (QED) is 0.688. The van der Waals surface area contributed by atoms with E-state index in [1.165, 1.54) is 31.2 Å². The number of hydrogen-bond donors (Lipinski definition) is 1. The summed E-state index contributed by atoms with van der Waals surface area (Å²) in [5, 5.41) is 8.92. The van der Waals surface area contributed by atoms with Crippen molar-refractivity contribution in [2.75, 3.05) is 5.43 Å². The summed E-state index contributed by atoms with van der Waals surface area (Å²) < 4.78 is 14.5. The monoisotopic (exact) mass is 376 g/mol. The van der Waals surface area contributed by atoms with Crippen molar-refractivity contribution >= 4 is 11.5 Å². The van der Waals surface area contributed by atoms with Gasteiger partial charge in [-0.15, -0.1) is 0 Å². The molecule has 0 unspecified atom stereocenters. The number of Topliss-reactive ketones (excluding diaryl/α,β-unsaturated/α-hetero) is 1. The molecule has 0 aliphatic heterocycles. The van der Waals surface area contributed by atoms with Crippen LogP contribution in [0.4, 0.5) is 10.1 Å². The molecule has 3 aromatic rings. The van der Waals surface area contributed by atoms with Gasteiger partial charge in [-0.2, -0.15) is 5.26 Å². The van der Waals surface area contributed by atoms with Gasteiger partial charge in [-0.3, -0.25) is 15.0 Å². The molecule has 0 aliphatic carbocycles. The van der Waals surface area contributed by atoms with Crippen LogP contribution >= 0.6 is 0 Å². The molecule has 0 spiro atoms. The molecule has 0 aliphatic rings. The summed E-state index contributed by atoms with van der Waals surface area (Å²) in [7, 11) is 0. The number of nitriles is 1. The van der Waals surface area contributed by atoms with Crippen molar-refractivity contribution in [3.8, 4) is 17.3 Å². The smallest absolute Gasteiger partial charge is 0.291 e. The molecule has 1 N–H and O–H groups in total. The highest BCUT2D eigenvalue weighted by molar-refractivity contribution is 5.98. The van der Waals surface area contributed by atoms with Crippen LogP contribution in [0, 0.1) is 17.1 Å². The molecule has 28 heavy (non-hydrogen) atoms. The predicted octanol–water partition coefficient (Wildman–Crippen LogP) is 3.56. The highest BCUT2D eigenvalue weighted by Crippen LogP contribution is 2.22. The molecule has 2 aromatic carbocycles. The van der Waals surface area contributed by atoms with Crippen LogP contribution in [0.2, 0.25) is 0 Å². The molecule has 7 heteroatoms. The van der Waals surface area contributed by atoms with Crippen molar-refractivity contribution < 1.29 is 9.18 Å². The van der Waals surface area contributed by atoms with Crippen LogP contribution in [-0.4, -0.2) is 15.4 Å². The average Bonchev–Trinajstić information content (AvgIpc) is 2.70. The molecule has 0 saturated heterocycles. The van der Waals surface area contributed by atoms with Gasteiger partial charge in [-0.05, 0) is 55.0 Å². The van der Waals surface area contributed by atoms with Crippen LogP contribution in [0.15, 0.2) is 53.3 Å². The maximum absolute atomic E-state index is 13.3. The Morgan fingerprint density at radius 2 is 1.82 bits per heavy atom. The van der Waals surface area contributed by atoms with Gasteiger partial charge in [0.1, 0.15) is 22.9 Å². The van der Waals surface area contributed by atoms with Crippen molar-refractivity contribution in [1.29, 1.82) is 5.26 Å². The normalized spacial score (nSPS) is 10.4. The highest BCUT2D eigenvalue weighted by Gasteiger charge is 2.21. The lowest BCUT2D eigenvalue weighted by atomic mass is 10.1. The van der Waals surface area contributed by atoms with Crippen LogP contribution in [0.25, 0.3) is 11.3 Å². The number of nitrogens with zero attached hydrogens (tertiary/aromatic N) is 3. The summed E-state index contributed by atoms with van der Waals surface area (Å²) in [6.07, 6.45) is 0.361. The fourth-order valence-electron chi connectivity index (χ4n) is 2.79. The molecule has 0 atom stereocenters. The first kappa shape index (κ1) is 19.0. The van der Waals surface area contributed by atoms with Gasteiger partial charge < -0.3 is 0 Å². The van der Waals surface area contributed by atoms with E-state index in [1.807, 2.05) is 6.07 Å². The number of carbonyl (C=O) groups excluding carboxylic acids is 1. The van der Waals surface area contributed by atoms with E-state index in [2.05, 4.69) is 10.4 Å². The van der Waals surface area contributed by atoms with E-state index in [9.17, 15) is 14.0 Å². The Morgan fingerprint density at radius 3 is 2.36 bits per heavy atom. The molecular formula is C21H17FN4O2. The lowest BCUT2D eigenvalue weighted by Crippen LogP contribution is -2.35. The molecule has 3 rings (SSSR count). The number of nitrogens with one attached hydrogen (secondary N) is 1. The Bertz CT molecular complexity index is 1130. The highest BCUT2D eigenvalue weighted by atomic mass is 19.1. The minimum absolute atomic E-state index is 0.0677. The largest absolute Gasteiger partial charge is 0.293 e. The first-order chi connectivity index (χ1) is 13.4. The topological polar surface area (TPSA) is 87.8 Å². The molecule has 1 heterocycles. The van der Waals surface area contributed by atoms with Gasteiger partial charge in [0.15, 0.2) is 5.78 Å². The van der Waals surface area contributed by atoms with Crippen LogP contribution in [0.3, 0.4) is 0 Å². The summed E-state index contributed by atoms with van der Waals surface area (Å²) in [5.74, 6) is -0.777. The molecule has 1 aromatic heterocycles. The third-order valence-electron chi connectivity index (χ3n) is 4.19. The summed E-state index contributed by atoms with van der Waals surface area (Å²) >= 11 is 0. The van der Waals surface area contributed by atoms with Crippen LogP contribution in [0.5, 0.6) is 0 Å². The number of carbonyl (C=O) groups is 1. The Morgan fingerprint density at radius 1 is 1.18 bits per heavy atom. The Kier molecular flexibility index (Phi) is 5.32. The first-order valence-corrected chi connectivity index (χ1v) is 8.64. The molecule has 6 nitrogen and oxygen atoms in total. The summed E-state index contributed by atoms with van der Waals surface area (Å²) in [4.78, 5) is 29.7. The molecular weight excluding hydrogens is 359 g/mol. The van der Waals surface area contributed by atoms with Crippen molar-refractivity contribution in [2.24, 2.45) is 0 Å². The second kappa shape index (κ2) is 7.84. The summed E-state index contributed by atoms with van der Waals surface area (Å²) in [6, 6.07) is 14.1.